The molecule has 6 nitrogen and oxygen atoms in total. The van der Waals surface area contributed by atoms with E-state index in [0.717, 1.165) is 6.42 Å². The number of nitrogens with zero attached hydrogens (tertiary/aromatic N) is 3. The molecule has 122 valence electrons. The van der Waals surface area contributed by atoms with Crippen LogP contribution in [-0.2, 0) is 15.5 Å². The minimum absolute atomic E-state index is 0.172. The fourth-order valence-electron chi connectivity index (χ4n) is 2.19. The lowest BCUT2D eigenvalue weighted by Crippen LogP contribution is -2.35. The summed E-state index contributed by atoms with van der Waals surface area (Å²) in [6, 6.07) is 3.19. The van der Waals surface area contributed by atoms with Crippen molar-refractivity contribution in [1.29, 1.82) is 0 Å². The number of hydrogen-bond donors (Lipinski definition) is 0. The van der Waals surface area contributed by atoms with Crippen molar-refractivity contribution in [2.75, 3.05) is 18.8 Å². The summed E-state index contributed by atoms with van der Waals surface area (Å²) in [5.74, 6) is 0.626. The maximum absolute atomic E-state index is 12.2. The van der Waals surface area contributed by atoms with Crippen molar-refractivity contribution >= 4 is 28.5 Å². The topological polar surface area (TPSA) is 72.4 Å². The van der Waals surface area contributed by atoms with Crippen LogP contribution in [0.25, 0.3) is 0 Å². The Morgan fingerprint density at radius 2 is 2.18 bits per heavy atom. The Morgan fingerprint density at radius 1 is 1.45 bits per heavy atom. The number of likely N-dealkylation sites (tertiary alicyclic amines) is 1. The first-order valence-electron chi connectivity index (χ1n) is 7.10. The number of amides is 1. The Kier molecular flexibility index (Phi) is 5.39. The molecule has 1 aromatic rings. The van der Waals surface area contributed by atoms with E-state index in [1.807, 2.05) is 20.8 Å². The smallest absolute Gasteiger partial charge is 0.410 e. The molecule has 2 heterocycles. The van der Waals surface area contributed by atoms with Crippen LogP contribution >= 0.6 is 11.6 Å². The number of ether oxygens (including phenoxy) is 1. The third kappa shape index (κ3) is 4.91. The van der Waals surface area contributed by atoms with Crippen molar-refractivity contribution in [3.63, 3.8) is 0 Å². The van der Waals surface area contributed by atoms with Crippen LogP contribution in [0, 0.1) is 5.92 Å². The molecule has 0 aromatic carbocycles. The lowest BCUT2D eigenvalue weighted by Gasteiger charge is -2.24. The molecule has 0 aliphatic carbocycles. The SMILES string of the molecule is CC(C)(C)OC(=O)N1CC[C@@H](C[S@@](=O)c2ccc(Cl)nn2)C1. The van der Waals surface area contributed by atoms with Gasteiger partial charge in [-0.2, -0.15) is 0 Å². The van der Waals surface area contributed by atoms with Crippen molar-refractivity contribution in [3.05, 3.63) is 17.3 Å². The van der Waals surface area contributed by atoms with E-state index in [2.05, 4.69) is 10.2 Å². The summed E-state index contributed by atoms with van der Waals surface area (Å²) in [4.78, 5) is 13.7. The lowest BCUT2D eigenvalue weighted by atomic mass is 10.2. The predicted octanol–water partition coefficient (Wildman–Crippen LogP) is 2.49. The Bertz CT molecular complexity index is 559. The zero-order valence-electron chi connectivity index (χ0n) is 12.9. The highest BCUT2D eigenvalue weighted by Gasteiger charge is 2.30. The molecule has 2 atom stereocenters. The average Bonchev–Trinajstić information content (AvgIpc) is 2.86. The minimum atomic E-state index is -1.24. The van der Waals surface area contributed by atoms with Crippen LogP contribution in [0.15, 0.2) is 17.2 Å². The van der Waals surface area contributed by atoms with E-state index in [1.165, 1.54) is 0 Å². The highest BCUT2D eigenvalue weighted by molar-refractivity contribution is 7.84. The van der Waals surface area contributed by atoms with E-state index in [1.54, 1.807) is 17.0 Å². The van der Waals surface area contributed by atoms with Gasteiger partial charge in [-0.3, -0.25) is 4.21 Å². The first-order chi connectivity index (χ1) is 10.2. The molecular weight excluding hydrogens is 326 g/mol. The van der Waals surface area contributed by atoms with Crippen LogP contribution < -0.4 is 0 Å². The van der Waals surface area contributed by atoms with Gasteiger partial charge in [0, 0.05) is 18.8 Å². The molecule has 1 aliphatic heterocycles. The Morgan fingerprint density at radius 3 is 2.77 bits per heavy atom. The number of halogens is 1. The molecule has 1 aromatic heterocycles. The van der Waals surface area contributed by atoms with Gasteiger partial charge in [0.25, 0.3) is 0 Å². The third-order valence-corrected chi connectivity index (χ3v) is 4.83. The third-order valence-electron chi connectivity index (χ3n) is 3.17. The average molecular weight is 346 g/mol. The van der Waals surface area contributed by atoms with Crippen LogP contribution in [0.2, 0.25) is 5.15 Å². The second-order valence-corrected chi connectivity index (χ2v) is 8.12. The number of carbonyl (C=O) groups is 1. The minimum Gasteiger partial charge on any atom is -0.444 e. The molecule has 1 aliphatic rings. The standard InChI is InChI=1S/C14H20ClN3O3S/c1-14(2,3)21-13(19)18-7-6-10(8-18)9-22(20)12-5-4-11(15)16-17-12/h4-5,10H,6-9H2,1-3H3/t10-,22-/m1/s1. The zero-order chi connectivity index (χ0) is 16.3. The van der Waals surface area contributed by atoms with Crippen LogP contribution in [0.4, 0.5) is 4.79 Å². The molecule has 2 rings (SSSR count). The first kappa shape index (κ1) is 17.1. The van der Waals surface area contributed by atoms with Gasteiger partial charge in [-0.1, -0.05) is 11.6 Å². The molecule has 0 spiro atoms. The molecular formula is C14H20ClN3O3S. The van der Waals surface area contributed by atoms with Gasteiger partial charge in [0.05, 0.1) is 10.8 Å². The molecule has 1 fully saturated rings. The van der Waals surface area contributed by atoms with Gasteiger partial charge in [0.1, 0.15) is 10.6 Å². The number of hydrogen-bond acceptors (Lipinski definition) is 5. The molecule has 22 heavy (non-hydrogen) atoms. The summed E-state index contributed by atoms with van der Waals surface area (Å²) in [6.07, 6.45) is 0.499. The second-order valence-electron chi connectivity index (χ2n) is 6.29. The second kappa shape index (κ2) is 6.91. The lowest BCUT2D eigenvalue weighted by molar-refractivity contribution is 0.0289. The molecule has 1 amide bonds. The summed E-state index contributed by atoms with van der Waals surface area (Å²) >= 11 is 5.66. The van der Waals surface area contributed by atoms with Crippen molar-refractivity contribution in [1.82, 2.24) is 15.1 Å². The van der Waals surface area contributed by atoms with E-state index in [-0.39, 0.29) is 17.2 Å². The van der Waals surface area contributed by atoms with Gasteiger partial charge in [-0.05, 0) is 45.2 Å². The van der Waals surface area contributed by atoms with E-state index in [9.17, 15) is 9.00 Å². The number of aromatic nitrogens is 2. The molecule has 1 saturated heterocycles. The maximum atomic E-state index is 12.2. The molecule has 0 unspecified atom stereocenters. The largest absolute Gasteiger partial charge is 0.444 e. The monoisotopic (exact) mass is 345 g/mol. The predicted molar refractivity (Wildman–Crippen MR) is 84.2 cm³/mol. The van der Waals surface area contributed by atoms with Gasteiger partial charge in [0.2, 0.25) is 0 Å². The Labute approximate surface area is 137 Å². The van der Waals surface area contributed by atoms with E-state index in [4.69, 9.17) is 16.3 Å². The maximum Gasteiger partial charge on any atom is 0.410 e. The first-order valence-corrected chi connectivity index (χ1v) is 8.80. The summed E-state index contributed by atoms with van der Waals surface area (Å²) in [7, 11) is -1.24. The van der Waals surface area contributed by atoms with E-state index < -0.39 is 16.4 Å². The number of carbonyl (C=O) groups excluding carboxylic acids is 1. The van der Waals surface area contributed by atoms with E-state index in [0.29, 0.717) is 23.9 Å². The Hall–Kier alpha value is -1.21. The zero-order valence-corrected chi connectivity index (χ0v) is 14.5. The summed E-state index contributed by atoms with van der Waals surface area (Å²) in [6.45, 7) is 6.71. The summed E-state index contributed by atoms with van der Waals surface area (Å²) in [5, 5.41) is 8.22. The highest BCUT2D eigenvalue weighted by Crippen LogP contribution is 2.21. The van der Waals surface area contributed by atoms with Crippen molar-refractivity contribution in [3.8, 4) is 0 Å². The van der Waals surface area contributed by atoms with Gasteiger partial charge in [0.15, 0.2) is 5.15 Å². The van der Waals surface area contributed by atoms with Crippen LogP contribution in [-0.4, -0.2) is 49.8 Å². The van der Waals surface area contributed by atoms with Crippen molar-refractivity contribution in [2.24, 2.45) is 5.92 Å². The van der Waals surface area contributed by atoms with Crippen LogP contribution in [0.5, 0.6) is 0 Å². The van der Waals surface area contributed by atoms with E-state index >= 15 is 0 Å². The summed E-state index contributed by atoms with van der Waals surface area (Å²) < 4.78 is 17.6. The van der Waals surface area contributed by atoms with Gasteiger partial charge >= 0.3 is 6.09 Å². The van der Waals surface area contributed by atoms with Crippen molar-refractivity contribution < 1.29 is 13.7 Å². The van der Waals surface area contributed by atoms with Crippen LogP contribution in [0.3, 0.4) is 0 Å². The van der Waals surface area contributed by atoms with Crippen molar-refractivity contribution in [2.45, 2.75) is 37.8 Å². The Balaban J connectivity index is 1.87. The fraction of sp³-hybridized carbons (Fsp3) is 0.643. The quantitative estimate of drug-likeness (QED) is 0.841. The van der Waals surface area contributed by atoms with Gasteiger partial charge in [-0.25, -0.2) is 4.79 Å². The normalized spacial score (nSPS) is 20.0. The molecule has 0 bridgehead atoms. The molecule has 8 heteroatoms. The molecule has 0 radical (unpaired) electrons. The van der Waals surface area contributed by atoms with Crippen LogP contribution in [0.1, 0.15) is 27.2 Å². The summed E-state index contributed by atoms with van der Waals surface area (Å²) in [5.41, 5.74) is -0.503. The molecule has 0 N–H and O–H groups in total. The molecule has 0 saturated carbocycles. The fourth-order valence-corrected chi connectivity index (χ4v) is 3.51. The van der Waals surface area contributed by atoms with Gasteiger partial charge in [-0.15, -0.1) is 10.2 Å². The van der Waals surface area contributed by atoms with Gasteiger partial charge < -0.3 is 9.64 Å². The number of rotatable bonds is 3. The highest BCUT2D eigenvalue weighted by atomic mass is 35.5.